The minimum atomic E-state index is -2.63. The second kappa shape index (κ2) is 6.80. The Hall–Kier alpha value is -2.09. The number of hydrogen-bond acceptors (Lipinski definition) is 5. The Balaban J connectivity index is 2.01. The molecule has 0 saturated carbocycles. The maximum Gasteiger partial charge on any atom is 0.280 e. The fourth-order valence-electron chi connectivity index (χ4n) is 2.87. The van der Waals surface area contributed by atoms with Crippen molar-refractivity contribution in [3.63, 3.8) is 0 Å². The zero-order valence-corrected chi connectivity index (χ0v) is 14.2. The third kappa shape index (κ3) is 3.24. The topological polar surface area (TPSA) is 50.1 Å². The van der Waals surface area contributed by atoms with E-state index >= 15 is 0 Å². The summed E-state index contributed by atoms with van der Waals surface area (Å²) in [7, 11) is 2.04. The minimum Gasteiger partial charge on any atom is -0.338 e. The molecular weight excluding hydrogens is 314 g/mol. The van der Waals surface area contributed by atoms with Crippen molar-refractivity contribution in [2.45, 2.75) is 26.8 Å². The quantitative estimate of drug-likeness (QED) is 0.858. The standard InChI is InChI=1S/C16H22F2N6/c1-4-24-11(2)12(10-19-24)13-9-14(15(17)18)21-16(20-13)23-7-5-22(3)6-8-23/h9-10,15H,4-8H2,1-3H3. The zero-order chi connectivity index (χ0) is 17.3. The molecule has 1 fully saturated rings. The van der Waals surface area contributed by atoms with Crippen LogP contribution in [0.2, 0.25) is 0 Å². The van der Waals surface area contributed by atoms with Gasteiger partial charge in [-0.3, -0.25) is 4.68 Å². The fourth-order valence-corrected chi connectivity index (χ4v) is 2.87. The van der Waals surface area contributed by atoms with Gasteiger partial charge in [0.05, 0.1) is 11.9 Å². The van der Waals surface area contributed by atoms with Crippen LogP contribution in [0, 0.1) is 6.92 Å². The number of anilines is 1. The van der Waals surface area contributed by atoms with Crippen molar-refractivity contribution in [1.29, 1.82) is 0 Å². The van der Waals surface area contributed by atoms with Gasteiger partial charge in [0.1, 0.15) is 5.69 Å². The highest BCUT2D eigenvalue weighted by molar-refractivity contribution is 5.63. The Morgan fingerprint density at radius 1 is 1.17 bits per heavy atom. The molecule has 3 heterocycles. The lowest BCUT2D eigenvalue weighted by Crippen LogP contribution is -2.45. The number of likely N-dealkylation sites (N-methyl/N-ethyl adjacent to an activating group) is 1. The molecule has 0 spiro atoms. The van der Waals surface area contributed by atoms with Crippen LogP contribution < -0.4 is 4.90 Å². The summed E-state index contributed by atoms with van der Waals surface area (Å²) in [6, 6.07) is 1.37. The van der Waals surface area contributed by atoms with Crippen molar-refractivity contribution in [1.82, 2.24) is 24.6 Å². The van der Waals surface area contributed by atoms with Gasteiger partial charge in [-0.25, -0.2) is 18.7 Å². The number of nitrogens with zero attached hydrogens (tertiary/aromatic N) is 6. The summed E-state index contributed by atoms with van der Waals surface area (Å²) < 4.78 is 28.4. The van der Waals surface area contributed by atoms with Crippen LogP contribution in [-0.2, 0) is 6.54 Å². The van der Waals surface area contributed by atoms with Crippen molar-refractivity contribution in [2.75, 3.05) is 38.1 Å². The summed E-state index contributed by atoms with van der Waals surface area (Å²) in [5.41, 5.74) is 1.96. The van der Waals surface area contributed by atoms with Crippen LogP contribution >= 0.6 is 0 Å². The number of aromatic nitrogens is 4. The SMILES string of the molecule is CCn1ncc(-c2cc(C(F)F)nc(N3CCN(C)CC3)n2)c1C. The lowest BCUT2D eigenvalue weighted by atomic mass is 10.1. The van der Waals surface area contributed by atoms with Crippen LogP contribution in [0.5, 0.6) is 0 Å². The van der Waals surface area contributed by atoms with Gasteiger partial charge in [-0.2, -0.15) is 5.10 Å². The number of hydrogen-bond donors (Lipinski definition) is 0. The van der Waals surface area contributed by atoms with Crippen molar-refractivity contribution in [3.05, 3.63) is 23.7 Å². The van der Waals surface area contributed by atoms with Gasteiger partial charge >= 0.3 is 0 Å². The number of aryl methyl sites for hydroxylation is 1. The smallest absolute Gasteiger partial charge is 0.280 e. The second-order valence-corrected chi connectivity index (χ2v) is 6.03. The average Bonchev–Trinajstić information content (AvgIpc) is 2.95. The number of alkyl halides is 2. The molecule has 6 nitrogen and oxygen atoms in total. The molecule has 0 N–H and O–H groups in total. The Morgan fingerprint density at radius 3 is 2.46 bits per heavy atom. The fraction of sp³-hybridized carbons (Fsp3) is 0.562. The molecule has 2 aromatic rings. The summed E-state index contributed by atoms with van der Waals surface area (Å²) in [6.07, 6.45) is -0.941. The highest BCUT2D eigenvalue weighted by Gasteiger charge is 2.21. The predicted molar refractivity (Wildman–Crippen MR) is 88.3 cm³/mol. The number of rotatable bonds is 4. The van der Waals surface area contributed by atoms with E-state index in [1.165, 1.54) is 6.07 Å². The lowest BCUT2D eigenvalue weighted by Gasteiger charge is -2.32. The van der Waals surface area contributed by atoms with Gasteiger partial charge in [0.15, 0.2) is 0 Å². The molecule has 0 aromatic carbocycles. The zero-order valence-electron chi connectivity index (χ0n) is 14.2. The van der Waals surface area contributed by atoms with Crippen LogP contribution in [0.25, 0.3) is 11.3 Å². The van der Waals surface area contributed by atoms with E-state index in [2.05, 4.69) is 20.0 Å². The maximum atomic E-state index is 13.3. The van der Waals surface area contributed by atoms with E-state index in [4.69, 9.17) is 0 Å². The Bertz CT molecular complexity index is 707. The van der Waals surface area contributed by atoms with E-state index in [0.29, 0.717) is 11.6 Å². The molecule has 3 rings (SSSR count). The molecule has 2 aromatic heterocycles. The first-order chi connectivity index (χ1) is 11.5. The molecule has 8 heteroatoms. The molecule has 1 aliphatic rings. The third-order valence-corrected chi connectivity index (χ3v) is 4.42. The van der Waals surface area contributed by atoms with E-state index in [-0.39, 0.29) is 5.69 Å². The largest absolute Gasteiger partial charge is 0.338 e. The summed E-state index contributed by atoms with van der Waals surface area (Å²) in [6.45, 7) is 7.83. The summed E-state index contributed by atoms with van der Waals surface area (Å²) in [5.74, 6) is 0.375. The van der Waals surface area contributed by atoms with Gasteiger partial charge in [0.2, 0.25) is 5.95 Å². The summed E-state index contributed by atoms with van der Waals surface area (Å²) >= 11 is 0. The van der Waals surface area contributed by atoms with E-state index in [0.717, 1.165) is 44.0 Å². The van der Waals surface area contributed by atoms with Gasteiger partial charge < -0.3 is 9.80 Å². The van der Waals surface area contributed by atoms with Gasteiger partial charge in [-0.1, -0.05) is 0 Å². The lowest BCUT2D eigenvalue weighted by molar-refractivity contribution is 0.146. The van der Waals surface area contributed by atoms with E-state index in [1.807, 2.05) is 30.5 Å². The average molecular weight is 336 g/mol. The van der Waals surface area contributed by atoms with E-state index < -0.39 is 6.43 Å². The Morgan fingerprint density at radius 2 is 1.88 bits per heavy atom. The first-order valence-electron chi connectivity index (χ1n) is 8.13. The molecule has 1 saturated heterocycles. The molecule has 1 aliphatic heterocycles. The molecule has 0 unspecified atom stereocenters. The van der Waals surface area contributed by atoms with Gasteiger partial charge in [-0.05, 0) is 27.0 Å². The van der Waals surface area contributed by atoms with E-state index in [1.54, 1.807) is 6.20 Å². The normalized spacial score (nSPS) is 16.2. The van der Waals surface area contributed by atoms with Gasteiger partial charge in [0.25, 0.3) is 6.43 Å². The van der Waals surface area contributed by atoms with Gasteiger partial charge in [0, 0.05) is 44.0 Å². The molecule has 0 radical (unpaired) electrons. The maximum absolute atomic E-state index is 13.3. The van der Waals surface area contributed by atoms with Crippen LogP contribution in [0.15, 0.2) is 12.3 Å². The minimum absolute atomic E-state index is 0.238. The van der Waals surface area contributed by atoms with Gasteiger partial charge in [-0.15, -0.1) is 0 Å². The van der Waals surface area contributed by atoms with E-state index in [9.17, 15) is 8.78 Å². The highest BCUT2D eigenvalue weighted by atomic mass is 19.3. The van der Waals surface area contributed by atoms with Crippen molar-refractivity contribution >= 4 is 5.95 Å². The molecule has 0 aliphatic carbocycles. The molecular formula is C16H22F2N6. The van der Waals surface area contributed by atoms with Crippen molar-refractivity contribution < 1.29 is 8.78 Å². The van der Waals surface area contributed by atoms with Crippen LogP contribution in [0.3, 0.4) is 0 Å². The second-order valence-electron chi connectivity index (χ2n) is 6.03. The first-order valence-corrected chi connectivity index (χ1v) is 8.13. The monoisotopic (exact) mass is 336 g/mol. The summed E-state index contributed by atoms with van der Waals surface area (Å²) in [5, 5.41) is 4.29. The molecule has 0 bridgehead atoms. The molecule has 0 amide bonds. The Kier molecular flexibility index (Phi) is 4.75. The van der Waals surface area contributed by atoms with Crippen LogP contribution in [0.4, 0.5) is 14.7 Å². The van der Waals surface area contributed by atoms with Crippen molar-refractivity contribution in [3.8, 4) is 11.3 Å². The number of piperazine rings is 1. The molecule has 130 valence electrons. The highest BCUT2D eigenvalue weighted by Crippen LogP contribution is 2.28. The third-order valence-electron chi connectivity index (χ3n) is 4.42. The predicted octanol–water partition coefficient (Wildman–Crippen LogP) is 2.36. The summed E-state index contributed by atoms with van der Waals surface area (Å²) in [4.78, 5) is 12.8. The molecule has 0 atom stereocenters. The first kappa shape index (κ1) is 16.8. The Labute approximate surface area is 140 Å². The van der Waals surface area contributed by atoms with Crippen LogP contribution in [-0.4, -0.2) is 57.9 Å². The van der Waals surface area contributed by atoms with Crippen LogP contribution in [0.1, 0.15) is 24.7 Å². The van der Waals surface area contributed by atoms with Crippen molar-refractivity contribution in [2.24, 2.45) is 0 Å². The molecule has 24 heavy (non-hydrogen) atoms. The number of halogens is 2.